The van der Waals surface area contributed by atoms with Gasteiger partial charge in [-0.2, -0.15) is 0 Å². The maximum atomic E-state index is 12.3. The third-order valence-corrected chi connectivity index (χ3v) is 5.22. The van der Waals surface area contributed by atoms with E-state index in [0.29, 0.717) is 12.1 Å². The Kier molecular flexibility index (Phi) is 5.96. The van der Waals surface area contributed by atoms with E-state index in [1.165, 1.54) is 0 Å². The minimum Gasteiger partial charge on any atom is -0.352 e. The quantitative estimate of drug-likeness (QED) is 0.816. The largest absolute Gasteiger partial charge is 0.352 e. The molecule has 0 spiro atoms. The van der Waals surface area contributed by atoms with Crippen LogP contribution in [-0.2, 0) is 0 Å². The highest BCUT2D eigenvalue weighted by molar-refractivity contribution is 7.13. The molecular weight excluding hydrogens is 320 g/mol. The van der Waals surface area contributed by atoms with Crippen LogP contribution in [0.4, 0.5) is 0 Å². The van der Waals surface area contributed by atoms with Crippen molar-refractivity contribution in [3.63, 3.8) is 0 Å². The van der Waals surface area contributed by atoms with E-state index in [9.17, 15) is 4.79 Å². The summed E-state index contributed by atoms with van der Waals surface area (Å²) < 4.78 is 0. The third-order valence-electron chi connectivity index (χ3n) is 4.33. The second-order valence-electron chi connectivity index (χ2n) is 6.16. The molecule has 1 aliphatic rings. The lowest BCUT2D eigenvalue weighted by Gasteiger charge is -2.32. The van der Waals surface area contributed by atoms with Crippen molar-refractivity contribution in [1.82, 2.24) is 20.1 Å². The number of nitrogens with zero attached hydrogens (tertiary/aromatic N) is 3. The number of amides is 1. The number of nitrogens with one attached hydrogen (secondary N) is 1. The van der Waals surface area contributed by atoms with Gasteiger partial charge in [-0.05, 0) is 43.6 Å². The van der Waals surface area contributed by atoms with Crippen LogP contribution in [0.15, 0.2) is 35.8 Å². The molecule has 0 saturated carbocycles. The number of hydrogen-bond acceptors (Lipinski definition) is 5. The van der Waals surface area contributed by atoms with Gasteiger partial charge < -0.3 is 15.1 Å². The summed E-state index contributed by atoms with van der Waals surface area (Å²) >= 11 is 1.63. The van der Waals surface area contributed by atoms with Crippen LogP contribution in [0.2, 0.25) is 0 Å². The summed E-state index contributed by atoms with van der Waals surface area (Å²) in [5.74, 6) is -0.0198. The lowest BCUT2D eigenvalue weighted by atomic mass is 10.2. The highest BCUT2D eigenvalue weighted by atomic mass is 32.1. The highest BCUT2D eigenvalue weighted by Gasteiger charge is 2.13. The first-order valence-electron chi connectivity index (χ1n) is 8.41. The smallest absolute Gasteiger partial charge is 0.251 e. The zero-order valence-electron chi connectivity index (χ0n) is 14.1. The molecule has 0 unspecified atom stereocenters. The Morgan fingerprint density at radius 3 is 2.88 bits per heavy atom. The van der Waals surface area contributed by atoms with Gasteiger partial charge in [0.15, 0.2) is 0 Å². The molecule has 1 amide bonds. The van der Waals surface area contributed by atoms with Crippen LogP contribution in [0.1, 0.15) is 16.8 Å². The van der Waals surface area contributed by atoms with Gasteiger partial charge in [0.25, 0.3) is 5.91 Å². The van der Waals surface area contributed by atoms with Crippen LogP contribution in [-0.4, -0.2) is 67.0 Å². The van der Waals surface area contributed by atoms with Crippen molar-refractivity contribution in [2.75, 3.05) is 46.3 Å². The van der Waals surface area contributed by atoms with E-state index in [1.807, 2.05) is 23.6 Å². The molecule has 3 heterocycles. The fraction of sp³-hybridized carbons (Fsp3) is 0.444. The summed E-state index contributed by atoms with van der Waals surface area (Å²) in [6, 6.07) is 7.64. The van der Waals surface area contributed by atoms with Gasteiger partial charge in [-0.3, -0.25) is 9.78 Å². The minimum absolute atomic E-state index is 0.0198. The highest BCUT2D eigenvalue weighted by Crippen LogP contribution is 2.22. The van der Waals surface area contributed by atoms with Crippen LogP contribution in [0.25, 0.3) is 10.6 Å². The predicted octanol–water partition coefficient (Wildman–Crippen LogP) is 2.18. The molecule has 1 aliphatic heterocycles. The molecule has 0 atom stereocenters. The fourth-order valence-corrected chi connectivity index (χ4v) is 3.50. The molecule has 1 N–H and O–H groups in total. The van der Waals surface area contributed by atoms with Gasteiger partial charge >= 0.3 is 0 Å². The van der Waals surface area contributed by atoms with Crippen LogP contribution in [0.3, 0.4) is 0 Å². The van der Waals surface area contributed by atoms with Gasteiger partial charge in [-0.1, -0.05) is 6.07 Å². The molecule has 2 aromatic heterocycles. The van der Waals surface area contributed by atoms with Crippen molar-refractivity contribution in [3.05, 3.63) is 41.4 Å². The molecule has 6 heteroatoms. The second kappa shape index (κ2) is 8.37. The molecular formula is C18H24N4OS. The number of carbonyl (C=O) groups is 1. The van der Waals surface area contributed by atoms with Gasteiger partial charge in [0.1, 0.15) is 0 Å². The first kappa shape index (κ1) is 17.1. The second-order valence-corrected chi connectivity index (χ2v) is 7.11. The molecule has 1 saturated heterocycles. The number of carbonyl (C=O) groups excluding carboxylic acids is 1. The summed E-state index contributed by atoms with van der Waals surface area (Å²) in [5.41, 5.74) is 1.53. The maximum Gasteiger partial charge on any atom is 0.251 e. The number of hydrogen-bond donors (Lipinski definition) is 1. The molecule has 5 nitrogen and oxygen atoms in total. The minimum atomic E-state index is -0.0198. The summed E-state index contributed by atoms with van der Waals surface area (Å²) in [5, 5.41) is 5.04. The van der Waals surface area contributed by atoms with Crippen molar-refractivity contribution < 1.29 is 4.79 Å². The van der Waals surface area contributed by atoms with Crippen molar-refractivity contribution in [2.45, 2.75) is 6.42 Å². The van der Waals surface area contributed by atoms with E-state index in [1.54, 1.807) is 23.6 Å². The Morgan fingerprint density at radius 2 is 2.12 bits per heavy atom. The van der Waals surface area contributed by atoms with Gasteiger partial charge in [-0.25, -0.2) is 0 Å². The topological polar surface area (TPSA) is 48.5 Å². The fourth-order valence-electron chi connectivity index (χ4n) is 2.81. The van der Waals surface area contributed by atoms with Crippen LogP contribution < -0.4 is 5.32 Å². The first-order valence-corrected chi connectivity index (χ1v) is 9.29. The first-order chi connectivity index (χ1) is 11.7. The average molecular weight is 344 g/mol. The number of likely N-dealkylation sites (N-methyl/N-ethyl adjacent to an activating group) is 1. The lowest BCUT2D eigenvalue weighted by molar-refractivity contribution is 0.0949. The van der Waals surface area contributed by atoms with Crippen LogP contribution in [0.5, 0.6) is 0 Å². The van der Waals surface area contributed by atoms with Gasteiger partial charge in [0.05, 0.1) is 10.6 Å². The molecule has 0 radical (unpaired) electrons. The SMILES string of the molecule is CN1CCN(CCCNC(=O)c2ccnc(-c3cccs3)c2)CC1. The van der Waals surface area contributed by atoms with Crippen LogP contribution in [0, 0.1) is 0 Å². The van der Waals surface area contributed by atoms with E-state index < -0.39 is 0 Å². The van der Waals surface area contributed by atoms with Crippen molar-refractivity contribution in [1.29, 1.82) is 0 Å². The summed E-state index contributed by atoms with van der Waals surface area (Å²) in [6.45, 7) is 6.27. The Bertz CT molecular complexity index is 651. The molecule has 3 rings (SSSR count). The molecule has 1 fully saturated rings. The van der Waals surface area contributed by atoms with E-state index in [-0.39, 0.29) is 5.91 Å². The van der Waals surface area contributed by atoms with E-state index in [0.717, 1.165) is 49.7 Å². The lowest BCUT2D eigenvalue weighted by Crippen LogP contribution is -2.45. The summed E-state index contributed by atoms with van der Waals surface area (Å²) in [7, 11) is 2.16. The Labute approximate surface area is 147 Å². The number of thiophene rings is 1. The normalized spacial score (nSPS) is 16.2. The third kappa shape index (κ3) is 4.63. The van der Waals surface area contributed by atoms with E-state index >= 15 is 0 Å². The zero-order valence-corrected chi connectivity index (χ0v) is 14.9. The average Bonchev–Trinajstić information content (AvgIpc) is 3.15. The molecule has 0 aliphatic carbocycles. The van der Waals surface area contributed by atoms with Gasteiger partial charge in [0, 0.05) is 44.5 Å². The number of rotatable bonds is 6. The van der Waals surface area contributed by atoms with E-state index in [2.05, 4.69) is 27.1 Å². The molecule has 0 bridgehead atoms. The summed E-state index contributed by atoms with van der Waals surface area (Å²) in [4.78, 5) is 22.6. The monoisotopic (exact) mass is 344 g/mol. The van der Waals surface area contributed by atoms with E-state index in [4.69, 9.17) is 0 Å². The van der Waals surface area contributed by atoms with Crippen molar-refractivity contribution in [3.8, 4) is 10.6 Å². The number of pyridine rings is 1. The van der Waals surface area contributed by atoms with Crippen molar-refractivity contribution >= 4 is 17.2 Å². The van der Waals surface area contributed by atoms with Crippen LogP contribution >= 0.6 is 11.3 Å². The Hall–Kier alpha value is -1.76. The summed E-state index contributed by atoms with van der Waals surface area (Å²) in [6.07, 6.45) is 2.69. The molecule has 24 heavy (non-hydrogen) atoms. The number of aromatic nitrogens is 1. The molecule has 2 aromatic rings. The number of piperazine rings is 1. The van der Waals surface area contributed by atoms with Crippen molar-refractivity contribution in [2.24, 2.45) is 0 Å². The van der Waals surface area contributed by atoms with Gasteiger partial charge in [0.2, 0.25) is 0 Å². The molecule has 128 valence electrons. The predicted molar refractivity (Wildman–Crippen MR) is 98.4 cm³/mol. The molecule has 0 aromatic carbocycles. The maximum absolute atomic E-state index is 12.3. The zero-order chi connectivity index (χ0) is 16.8. The Morgan fingerprint density at radius 1 is 1.29 bits per heavy atom. The standard InChI is InChI=1S/C18H24N4OS/c1-21-9-11-22(12-10-21)8-3-6-20-18(23)15-5-7-19-16(14-15)17-4-2-13-24-17/h2,4-5,7,13-14H,3,6,8-12H2,1H3,(H,20,23). The Balaban J connectivity index is 1.44. The van der Waals surface area contributed by atoms with Gasteiger partial charge in [-0.15, -0.1) is 11.3 Å².